The maximum atomic E-state index is 12.6. The van der Waals surface area contributed by atoms with E-state index in [0.29, 0.717) is 17.3 Å². The van der Waals surface area contributed by atoms with Crippen molar-refractivity contribution in [3.8, 4) is 11.4 Å². The molecule has 0 aliphatic carbocycles. The summed E-state index contributed by atoms with van der Waals surface area (Å²) >= 11 is 0. The number of hydrogen-bond donors (Lipinski definition) is 3. The van der Waals surface area contributed by atoms with Crippen LogP contribution in [0, 0.1) is 6.92 Å². The lowest BCUT2D eigenvalue weighted by Gasteiger charge is -2.09. The molecule has 1 aromatic heterocycles. The molecule has 0 spiro atoms. The molecule has 10 heteroatoms. The number of aromatic amines is 1. The highest BCUT2D eigenvalue weighted by molar-refractivity contribution is 7.89. The van der Waals surface area contributed by atoms with Crippen molar-refractivity contribution in [2.45, 2.75) is 11.8 Å². The molecule has 0 aliphatic heterocycles. The molecule has 2 aromatic carbocycles. The maximum absolute atomic E-state index is 12.6. The van der Waals surface area contributed by atoms with E-state index in [1.807, 2.05) is 6.07 Å². The number of hydrogen-bond acceptors (Lipinski definition) is 6. The summed E-state index contributed by atoms with van der Waals surface area (Å²) < 4.78 is 31.9. The van der Waals surface area contributed by atoms with E-state index in [-0.39, 0.29) is 23.6 Å². The monoisotopic (exact) mass is 415 g/mol. The predicted molar refractivity (Wildman–Crippen MR) is 108 cm³/mol. The van der Waals surface area contributed by atoms with Gasteiger partial charge in [0.1, 0.15) is 5.82 Å². The van der Waals surface area contributed by atoms with Crippen LogP contribution in [0.25, 0.3) is 11.4 Å². The number of rotatable bonds is 8. The van der Waals surface area contributed by atoms with Gasteiger partial charge in [-0.1, -0.05) is 18.2 Å². The van der Waals surface area contributed by atoms with E-state index in [1.54, 1.807) is 31.2 Å². The molecule has 3 aromatic rings. The van der Waals surface area contributed by atoms with Crippen molar-refractivity contribution in [3.63, 3.8) is 0 Å². The summed E-state index contributed by atoms with van der Waals surface area (Å²) in [5, 5.41) is 9.64. The minimum absolute atomic E-state index is 0.00574. The fourth-order valence-electron chi connectivity index (χ4n) is 2.58. The largest absolute Gasteiger partial charge is 0.383 e. The van der Waals surface area contributed by atoms with Gasteiger partial charge >= 0.3 is 0 Å². The lowest BCUT2D eigenvalue weighted by molar-refractivity contribution is 0.102. The number of carbonyl (C=O) groups is 1. The summed E-state index contributed by atoms with van der Waals surface area (Å²) in [5.41, 5.74) is 1.51. The van der Waals surface area contributed by atoms with E-state index in [1.165, 1.54) is 25.3 Å². The molecule has 0 saturated heterocycles. The average molecular weight is 415 g/mol. The lowest BCUT2D eigenvalue weighted by atomic mass is 10.1. The van der Waals surface area contributed by atoms with Crippen LogP contribution < -0.4 is 10.0 Å². The van der Waals surface area contributed by atoms with Gasteiger partial charge in [-0.3, -0.25) is 9.89 Å². The van der Waals surface area contributed by atoms with Crippen molar-refractivity contribution in [2.75, 3.05) is 25.6 Å². The summed E-state index contributed by atoms with van der Waals surface area (Å²) in [6, 6.07) is 12.9. The minimum atomic E-state index is -3.73. The number of nitrogens with zero attached hydrogens (tertiary/aromatic N) is 2. The van der Waals surface area contributed by atoms with E-state index in [2.05, 4.69) is 25.2 Å². The van der Waals surface area contributed by atoms with Gasteiger partial charge in [0.25, 0.3) is 5.91 Å². The quantitative estimate of drug-likeness (QED) is 0.483. The van der Waals surface area contributed by atoms with Crippen LogP contribution in [0.15, 0.2) is 53.4 Å². The molecule has 1 amide bonds. The molecule has 3 rings (SSSR count). The second-order valence-electron chi connectivity index (χ2n) is 6.20. The molecular weight excluding hydrogens is 394 g/mol. The zero-order chi connectivity index (χ0) is 20.9. The number of ether oxygens (including phenoxy) is 1. The Hall–Kier alpha value is -3.08. The van der Waals surface area contributed by atoms with Crippen LogP contribution in [0.2, 0.25) is 0 Å². The van der Waals surface area contributed by atoms with Crippen LogP contribution in [-0.4, -0.2) is 49.8 Å². The molecule has 1 heterocycles. The van der Waals surface area contributed by atoms with Gasteiger partial charge in [-0.15, -0.1) is 0 Å². The first-order valence-electron chi connectivity index (χ1n) is 8.78. The Morgan fingerprint density at radius 1 is 1.17 bits per heavy atom. The third-order valence-corrected chi connectivity index (χ3v) is 5.44. The van der Waals surface area contributed by atoms with Gasteiger partial charge in [-0.05, 0) is 37.3 Å². The molecule has 0 radical (unpaired) electrons. The number of aryl methyl sites for hydroxylation is 1. The Morgan fingerprint density at radius 2 is 1.97 bits per heavy atom. The lowest BCUT2D eigenvalue weighted by Crippen LogP contribution is -2.27. The van der Waals surface area contributed by atoms with Crippen molar-refractivity contribution in [1.29, 1.82) is 0 Å². The Labute approximate surface area is 168 Å². The number of anilines is 1. The Kier molecular flexibility index (Phi) is 6.37. The maximum Gasteiger partial charge on any atom is 0.255 e. The second-order valence-corrected chi connectivity index (χ2v) is 7.96. The third-order valence-electron chi connectivity index (χ3n) is 3.98. The highest BCUT2D eigenvalue weighted by atomic mass is 32.2. The number of sulfonamides is 1. The van der Waals surface area contributed by atoms with Gasteiger partial charge in [0.15, 0.2) is 5.82 Å². The highest BCUT2D eigenvalue weighted by Crippen LogP contribution is 2.20. The smallest absolute Gasteiger partial charge is 0.255 e. The van der Waals surface area contributed by atoms with Crippen molar-refractivity contribution < 1.29 is 17.9 Å². The van der Waals surface area contributed by atoms with E-state index >= 15 is 0 Å². The number of aromatic nitrogens is 3. The standard InChI is InChI=1S/C19H21N5O4S/c1-13-21-18(24-23-13)14-5-3-7-16(11-14)22-19(25)15-6-4-8-17(12-15)29(26,27)20-9-10-28-2/h3-8,11-12,20H,9-10H2,1-2H3,(H,22,25)(H,21,23,24). The zero-order valence-corrected chi connectivity index (χ0v) is 16.8. The Balaban J connectivity index is 1.76. The number of nitrogens with one attached hydrogen (secondary N) is 3. The van der Waals surface area contributed by atoms with E-state index in [0.717, 1.165) is 5.56 Å². The highest BCUT2D eigenvalue weighted by Gasteiger charge is 2.16. The molecule has 29 heavy (non-hydrogen) atoms. The van der Waals surface area contributed by atoms with Crippen LogP contribution in [0.3, 0.4) is 0 Å². The normalized spacial score (nSPS) is 11.4. The number of benzene rings is 2. The van der Waals surface area contributed by atoms with Gasteiger partial charge in [-0.2, -0.15) is 5.10 Å². The SMILES string of the molecule is COCCNS(=O)(=O)c1cccc(C(=O)Nc2cccc(-c3n[nH]c(C)n3)c2)c1. The molecule has 152 valence electrons. The van der Waals surface area contributed by atoms with Crippen LogP contribution >= 0.6 is 0 Å². The van der Waals surface area contributed by atoms with Crippen molar-refractivity contribution in [2.24, 2.45) is 0 Å². The molecule has 0 atom stereocenters. The molecule has 0 bridgehead atoms. The molecule has 3 N–H and O–H groups in total. The fraction of sp³-hybridized carbons (Fsp3) is 0.211. The van der Waals surface area contributed by atoms with Gasteiger partial charge < -0.3 is 10.1 Å². The number of carbonyl (C=O) groups excluding carboxylic acids is 1. The number of H-pyrrole nitrogens is 1. The Bertz CT molecular complexity index is 1110. The van der Waals surface area contributed by atoms with Crippen LogP contribution in [0.1, 0.15) is 16.2 Å². The van der Waals surface area contributed by atoms with Crippen molar-refractivity contribution in [1.82, 2.24) is 19.9 Å². The fourth-order valence-corrected chi connectivity index (χ4v) is 3.64. The predicted octanol–water partition coefficient (Wildman–Crippen LogP) is 1.96. The van der Waals surface area contributed by atoms with Crippen LogP contribution in [-0.2, 0) is 14.8 Å². The van der Waals surface area contributed by atoms with Crippen molar-refractivity contribution >= 4 is 21.6 Å². The summed E-state index contributed by atoms with van der Waals surface area (Å²) in [4.78, 5) is 16.9. The van der Waals surface area contributed by atoms with Crippen LogP contribution in [0.5, 0.6) is 0 Å². The summed E-state index contributed by atoms with van der Waals surface area (Å²) in [5.74, 6) is 0.780. The van der Waals surface area contributed by atoms with Gasteiger partial charge in [0.05, 0.1) is 11.5 Å². The van der Waals surface area contributed by atoms with Gasteiger partial charge in [-0.25, -0.2) is 18.1 Å². The van der Waals surface area contributed by atoms with Gasteiger partial charge in [0, 0.05) is 30.5 Å². The van der Waals surface area contributed by atoms with Crippen LogP contribution in [0.4, 0.5) is 5.69 Å². The molecular formula is C19H21N5O4S. The number of methoxy groups -OCH3 is 1. The average Bonchev–Trinajstić information content (AvgIpc) is 3.15. The Morgan fingerprint density at radius 3 is 2.69 bits per heavy atom. The topological polar surface area (TPSA) is 126 Å². The first kappa shape index (κ1) is 20.6. The summed E-state index contributed by atoms with van der Waals surface area (Å²) in [6.07, 6.45) is 0. The summed E-state index contributed by atoms with van der Waals surface area (Å²) in [7, 11) is -2.25. The first-order chi connectivity index (χ1) is 13.9. The zero-order valence-electron chi connectivity index (χ0n) is 16.0. The molecule has 0 unspecified atom stereocenters. The summed E-state index contributed by atoms with van der Waals surface area (Å²) in [6.45, 7) is 2.19. The van der Waals surface area contributed by atoms with E-state index in [4.69, 9.17) is 4.74 Å². The first-order valence-corrected chi connectivity index (χ1v) is 10.3. The molecule has 0 fully saturated rings. The van der Waals surface area contributed by atoms with E-state index < -0.39 is 15.9 Å². The van der Waals surface area contributed by atoms with E-state index in [9.17, 15) is 13.2 Å². The molecule has 9 nitrogen and oxygen atoms in total. The third kappa shape index (κ3) is 5.25. The van der Waals surface area contributed by atoms with Crippen molar-refractivity contribution in [3.05, 3.63) is 59.9 Å². The molecule has 0 aliphatic rings. The van der Waals surface area contributed by atoms with Gasteiger partial charge in [0.2, 0.25) is 10.0 Å². The minimum Gasteiger partial charge on any atom is -0.383 e. The molecule has 0 saturated carbocycles. The number of amides is 1. The second kappa shape index (κ2) is 8.95.